The number of hydrogen-bond acceptors (Lipinski definition) is 1. The van der Waals surface area contributed by atoms with Crippen LogP contribution in [0.15, 0.2) is 84.9 Å². The predicted octanol–water partition coefficient (Wildman–Crippen LogP) is 7.08. The Kier molecular flexibility index (Phi) is 7.16. The van der Waals surface area contributed by atoms with Gasteiger partial charge in [0.25, 0.3) is 0 Å². The van der Waals surface area contributed by atoms with Crippen molar-refractivity contribution in [2.24, 2.45) is 0 Å². The lowest BCUT2D eigenvalue weighted by Gasteiger charge is -2.17. The highest BCUT2D eigenvalue weighted by atomic mass is 15.1. The number of hydrogen-bond donors (Lipinski definition) is 0. The Balaban J connectivity index is 1.60. The van der Waals surface area contributed by atoms with Crippen LogP contribution in [0.25, 0.3) is 11.1 Å². The predicted molar refractivity (Wildman–Crippen MR) is 130 cm³/mol. The Bertz CT molecular complexity index is 933. The highest BCUT2D eigenvalue weighted by Crippen LogP contribution is 2.34. The fourth-order valence-electron chi connectivity index (χ4n) is 4.64. The fraction of sp³-hybridized carbons (Fsp3) is 0.310. The molecule has 1 fully saturated rings. The standard InChI is InChI=1S/C29H33N/c1-2-28(25-13-5-3-6-14-25)29(26-15-7-4-8-16-26)27-19-17-24(18-20-27)12-11-23-30-21-9-10-22-30/h3-8,13-20H,2,9-12,21-23H2,1H3/b29-28-. The van der Waals surface area contributed by atoms with E-state index >= 15 is 0 Å². The van der Waals surface area contributed by atoms with Crippen molar-refractivity contribution in [3.05, 3.63) is 107 Å². The van der Waals surface area contributed by atoms with Crippen LogP contribution < -0.4 is 0 Å². The quantitative estimate of drug-likeness (QED) is 0.368. The molecule has 1 nitrogen and oxygen atoms in total. The van der Waals surface area contributed by atoms with Crippen molar-refractivity contribution in [2.45, 2.75) is 39.0 Å². The monoisotopic (exact) mass is 395 g/mol. The van der Waals surface area contributed by atoms with Crippen LogP contribution in [-0.2, 0) is 6.42 Å². The van der Waals surface area contributed by atoms with Gasteiger partial charge >= 0.3 is 0 Å². The largest absolute Gasteiger partial charge is 0.303 e. The van der Waals surface area contributed by atoms with E-state index in [0.29, 0.717) is 0 Å². The Hall–Kier alpha value is -2.64. The maximum absolute atomic E-state index is 2.61. The van der Waals surface area contributed by atoms with Gasteiger partial charge in [-0.05, 0) is 85.1 Å². The van der Waals surface area contributed by atoms with Gasteiger partial charge in [-0.1, -0.05) is 91.9 Å². The number of nitrogens with zero attached hydrogens (tertiary/aromatic N) is 1. The zero-order valence-corrected chi connectivity index (χ0v) is 18.2. The molecule has 0 spiro atoms. The maximum atomic E-state index is 2.61. The normalized spacial score (nSPS) is 15.2. The molecule has 0 saturated carbocycles. The van der Waals surface area contributed by atoms with Crippen LogP contribution >= 0.6 is 0 Å². The maximum Gasteiger partial charge on any atom is -0.00156 e. The molecule has 0 amide bonds. The van der Waals surface area contributed by atoms with Crippen molar-refractivity contribution in [2.75, 3.05) is 19.6 Å². The fourth-order valence-corrected chi connectivity index (χ4v) is 4.64. The third-order valence-electron chi connectivity index (χ3n) is 6.22. The first-order chi connectivity index (χ1) is 14.8. The van der Waals surface area contributed by atoms with Crippen molar-refractivity contribution in [3.8, 4) is 0 Å². The zero-order chi connectivity index (χ0) is 20.6. The molecule has 0 atom stereocenters. The van der Waals surface area contributed by atoms with Crippen LogP contribution in [0.4, 0.5) is 0 Å². The molecule has 1 aliphatic heterocycles. The van der Waals surface area contributed by atoms with Crippen molar-refractivity contribution < 1.29 is 0 Å². The molecule has 4 rings (SSSR count). The van der Waals surface area contributed by atoms with Gasteiger partial charge in [0, 0.05) is 0 Å². The van der Waals surface area contributed by atoms with E-state index in [2.05, 4.69) is 96.8 Å². The SMILES string of the molecule is CC/C(=C(\c1ccccc1)c1ccc(CCCN2CCCC2)cc1)c1ccccc1. The first-order valence-corrected chi connectivity index (χ1v) is 11.5. The van der Waals surface area contributed by atoms with E-state index in [0.717, 1.165) is 6.42 Å². The van der Waals surface area contributed by atoms with Crippen LogP contribution in [0.3, 0.4) is 0 Å². The molecular formula is C29H33N. The van der Waals surface area contributed by atoms with E-state index in [4.69, 9.17) is 0 Å². The number of benzene rings is 3. The highest BCUT2D eigenvalue weighted by molar-refractivity contribution is 5.98. The summed E-state index contributed by atoms with van der Waals surface area (Å²) in [6, 6.07) is 31.0. The summed E-state index contributed by atoms with van der Waals surface area (Å²) in [5, 5.41) is 0. The summed E-state index contributed by atoms with van der Waals surface area (Å²) in [6.07, 6.45) is 6.19. The van der Waals surface area contributed by atoms with E-state index in [1.165, 1.54) is 78.7 Å². The number of allylic oxidation sites excluding steroid dienone is 1. The first-order valence-electron chi connectivity index (χ1n) is 11.5. The lowest BCUT2D eigenvalue weighted by atomic mass is 9.88. The van der Waals surface area contributed by atoms with Crippen LogP contribution in [0.2, 0.25) is 0 Å². The van der Waals surface area contributed by atoms with E-state index in [1.54, 1.807) is 0 Å². The van der Waals surface area contributed by atoms with Gasteiger partial charge in [-0.15, -0.1) is 0 Å². The van der Waals surface area contributed by atoms with Gasteiger partial charge < -0.3 is 4.90 Å². The van der Waals surface area contributed by atoms with Crippen LogP contribution in [0, 0.1) is 0 Å². The van der Waals surface area contributed by atoms with Gasteiger partial charge in [0.1, 0.15) is 0 Å². The summed E-state index contributed by atoms with van der Waals surface area (Å²) >= 11 is 0. The van der Waals surface area contributed by atoms with Gasteiger partial charge in [0.2, 0.25) is 0 Å². The summed E-state index contributed by atoms with van der Waals surface area (Å²) in [5.41, 5.74) is 8.12. The molecular weight excluding hydrogens is 362 g/mol. The van der Waals surface area contributed by atoms with Gasteiger partial charge in [-0.3, -0.25) is 0 Å². The number of rotatable bonds is 8. The molecule has 0 aliphatic carbocycles. The minimum Gasteiger partial charge on any atom is -0.303 e. The summed E-state index contributed by atoms with van der Waals surface area (Å²) in [7, 11) is 0. The van der Waals surface area contributed by atoms with E-state index in [1.807, 2.05) is 0 Å². The second-order valence-corrected chi connectivity index (χ2v) is 8.29. The van der Waals surface area contributed by atoms with Crippen LogP contribution in [0.1, 0.15) is 54.9 Å². The molecule has 3 aromatic carbocycles. The Labute approximate surface area is 182 Å². The molecule has 1 saturated heterocycles. The lowest BCUT2D eigenvalue weighted by Crippen LogP contribution is -2.20. The highest BCUT2D eigenvalue weighted by Gasteiger charge is 2.13. The second-order valence-electron chi connectivity index (χ2n) is 8.29. The molecule has 3 aromatic rings. The van der Waals surface area contributed by atoms with Crippen molar-refractivity contribution >= 4 is 11.1 Å². The summed E-state index contributed by atoms with van der Waals surface area (Å²) in [4.78, 5) is 2.61. The van der Waals surface area contributed by atoms with Crippen LogP contribution in [-0.4, -0.2) is 24.5 Å². The van der Waals surface area contributed by atoms with Gasteiger partial charge in [-0.25, -0.2) is 0 Å². The minimum atomic E-state index is 1.01. The Morgan fingerprint density at radius 3 is 1.87 bits per heavy atom. The molecule has 1 aliphatic rings. The first kappa shape index (κ1) is 20.6. The Morgan fingerprint density at radius 1 is 0.700 bits per heavy atom. The van der Waals surface area contributed by atoms with Crippen molar-refractivity contribution in [1.29, 1.82) is 0 Å². The minimum absolute atomic E-state index is 1.01. The third-order valence-corrected chi connectivity index (χ3v) is 6.22. The molecule has 0 radical (unpaired) electrons. The third kappa shape index (κ3) is 5.09. The summed E-state index contributed by atoms with van der Waals surface area (Å²) in [6.45, 7) is 6.09. The molecule has 0 aromatic heterocycles. The van der Waals surface area contributed by atoms with Gasteiger partial charge in [0.15, 0.2) is 0 Å². The van der Waals surface area contributed by atoms with Gasteiger partial charge in [-0.2, -0.15) is 0 Å². The average molecular weight is 396 g/mol. The molecule has 0 unspecified atom stereocenters. The molecule has 0 bridgehead atoms. The molecule has 154 valence electrons. The van der Waals surface area contributed by atoms with Crippen LogP contribution in [0.5, 0.6) is 0 Å². The molecule has 30 heavy (non-hydrogen) atoms. The smallest absolute Gasteiger partial charge is 0.00156 e. The topological polar surface area (TPSA) is 3.24 Å². The van der Waals surface area contributed by atoms with E-state index in [-0.39, 0.29) is 0 Å². The molecule has 0 N–H and O–H groups in total. The number of likely N-dealkylation sites (tertiary alicyclic amines) is 1. The molecule has 1 heterocycles. The summed E-state index contributed by atoms with van der Waals surface area (Å²) in [5.74, 6) is 0. The van der Waals surface area contributed by atoms with Gasteiger partial charge in [0.05, 0.1) is 0 Å². The molecule has 1 heteroatoms. The van der Waals surface area contributed by atoms with Crippen molar-refractivity contribution in [1.82, 2.24) is 4.90 Å². The van der Waals surface area contributed by atoms with E-state index in [9.17, 15) is 0 Å². The second kappa shape index (κ2) is 10.4. The Morgan fingerprint density at radius 2 is 1.27 bits per heavy atom. The number of aryl methyl sites for hydroxylation is 1. The summed E-state index contributed by atoms with van der Waals surface area (Å²) < 4.78 is 0. The van der Waals surface area contributed by atoms with E-state index < -0.39 is 0 Å². The average Bonchev–Trinajstić information content (AvgIpc) is 3.33. The lowest BCUT2D eigenvalue weighted by molar-refractivity contribution is 0.334. The zero-order valence-electron chi connectivity index (χ0n) is 18.2. The van der Waals surface area contributed by atoms with Crippen molar-refractivity contribution in [3.63, 3.8) is 0 Å².